The predicted octanol–water partition coefficient (Wildman–Crippen LogP) is 2.61. The molecule has 2 N–H and O–H groups in total. The molecule has 5 nitrogen and oxygen atoms in total. The van der Waals surface area contributed by atoms with Crippen molar-refractivity contribution in [3.05, 3.63) is 54.0 Å². The lowest BCUT2D eigenvalue weighted by atomic mass is 10.2. The topological polar surface area (TPSA) is 57.3 Å². The Labute approximate surface area is 122 Å². The van der Waals surface area contributed by atoms with Crippen LogP contribution in [0.15, 0.2) is 42.6 Å². The molecule has 6 heteroatoms. The van der Waals surface area contributed by atoms with Gasteiger partial charge >= 0.3 is 6.03 Å². The quantitative estimate of drug-likeness (QED) is 0.909. The number of halogens is 1. The van der Waals surface area contributed by atoms with Gasteiger partial charge in [-0.15, -0.1) is 0 Å². The maximum absolute atomic E-state index is 13.0. The lowest BCUT2D eigenvalue weighted by molar-refractivity contribution is 0.251. The van der Waals surface area contributed by atoms with Crippen LogP contribution in [0.25, 0.3) is 0 Å². The summed E-state index contributed by atoms with van der Waals surface area (Å²) < 4.78 is 13.0. The molecule has 0 saturated heterocycles. The molecule has 0 spiro atoms. The maximum atomic E-state index is 13.0. The summed E-state index contributed by atoms with van der Waals surface area (Å²) in [5.41, 5.74) is 1.35. The van der Waals surface area contributed by atoms with Crippen LogP contribution in [-0.4, -0.2) is 25.1 Å². The highest BCUT2D eigenvalue weighted by Crippen LogP contribution is 2.10. The molecular weight excluding hydrogens is 271 g/mol. The summed E-state index contributed by atoms with van der Waals surface area (Å²) in [6, 6.07) is 9.08. The van der Waals surface area contributed by atoms with Gasteiger partial charge in [-0.05, 0) is 35.9 Å². The van der Waals surface area contributed by atoms with Crippen LogP contribution in [0.5, 0.6) is 0 Å². The van der Waals surface area contributed by atoms with E-state index in [0.717, 1.165) is 11.4 Å². The van der Waals surface area contributed by atoms with Crippen LogP contribution in [0.3, 0.4) is 0 Å². The Morgan fingerprint density at radius 3 is 2.81 bits per heavy atom. The Balaban J connectivity index is 1.90. The molecule has 1 aromatic heterocycles. The van der Waals surface area contributed by atoms with Gasteiger partial charge in [0.05, 0.1) is 0 Å². The van der Waals surface area contributed by atoms with Gasteiger partial charge in [-0.1, -0.05) is 6.07 Å². The number of nitrogens with one attached hydrogen (secondary N) is 2. The van der Waals surface area contributed by atoms with Crippen molar-refractivity contribution < 1.29 is 9.18 Å². The molecule has 0 aliphatic heterocycles. The van der Waals surface area contributed by atoms with Crippen molar-refractivity contribution in [1.29, 1.82) is 0 Å². The number of anilines is 2. The summed E-state index contributed by atoms with van der Waals surface area (Å²) in [6.45, 7) is 0.366. The number of carbonyl (C=O) groups excluding carboxylic acids is 1. The standard InChI is InChI=1S/C15H17FN4O/c1-20(2)14-8-11(6-7-17-14)10-18-15(21)19-13-5-3-4-12(16)9-13/h3-9H,10H2,1-2H3,(H2,18,19,21). The summed E-state index contributed by atoms with van der Waals surface area (Å²) in [4.78, 5) is 17.8. The smallest absolute Gasteiger partial charge is 0.319 e. The van der Waals surface area contributed by atoms with Crippen LogP contribution in [-0.2, 0) is 6.54 Å². The van der Waals surface area contributed by atoms with Crippen molar-refractivity contribution in [2.75, 3.05) is 24.3 Å². The van der Waals surface area contributed by atoms with Crippen molar-refractivity contribution in [2.45, 2.75) is 6.54 Å². The third-order valence-corrected chi connectivity index (χ3v) is 2.80. The van der Waals surface area contributed by atoms with Gasteiger partial charge in [0, 0.05) is 32.5 Å². The lowest BCUT2D eigenvalue weighted by Gasteiger charge is -2.12. The van der Waals surface area contributed by atoms with E-state index in [1.54, 1.807) is 12.3 Å². The third kappa shape index (κ3) is 4.45. The molecule has 0 aliphatic carbocycles. The van der Waals surface area contributed by atoms with Gasteiger partial charge in [0.25, 0.3) is 0 Å². The second-order valence-corrected chi connectivity index (χ2v) is 4.73. The van der Waals surface area contributed by atoms with E-state index >= 15 is 0 Å². The highest BCUT2D eigenvalue weighted by Gasteiger charge is 2.04. The number of hydrogen-bond acceptors (Lipinski definition) is 3. The van der Waals surface area contributed by atoms with Gasteiger partial charge in [-0.25, -0.2) is 14.2 Å². The second kappa shape index (κ2) is 6.69. The number of rotatable bonds is 4. The van der Waals surface area contributed by atoms with Gasteiger partial charge in [0.15, 0.2) is 0 Å². The molecule has 21 heavy (non-hydrogen) atoms. The highest BCUT2D eigenvalue weighted by atomic mass is 19.1. The first-order chi connectivity index (χ1) is 10.0. The second-order valence-electron chi connectivity index (χ2n) is 4.73. The number of hydrogen-bond donors (Lipinski definition) is 2. The summed E-state index contributed by atoms with van der Waals surface area (Å²) in [5, 5.41) is 5.29. The molecule has 1 heterocycles. The molecule has 0 aliphatic rings. The Morgan fingerprint density at radius 1 is 1.29 bits per heavy atom. The number of amides is 2. The molecule has 0 atom stereocenters. The first-order valence-electron chi connectivity index (χ1n) is 6.47. The van der Waals surface area contributed by atoms with E-state index in [1.165, 1.54) is 18.2 Å². The number of nitrogens with zero attached hydrogens (tertiary/aromatic N) is 2. The average molecular weight is 288 g/mol. The summed E-state index contributed by atoms with van der Waals surface area (Å²) in [7, 11) is 3.80. The molecule has 0 fully saturated rings. The molecule has 0 unspecified atom stereocenters. The van der Waals surface area contributed by atoms with E-state index in [-0.39, 0.29) is 6.03 Å². The number of carbonyl (C=O) groups is 1. The van der Waals surface area contributed by atoms with E-state index in [0.29, 0.717) is 12.2 Å². The third-order valence-electron chi connectivity index (χ3n) is 2.80. The Kier molecular flexibility index (Phi) is 4.71. The fourth-order valence-electron chi connectivity index (χ4n) is 1.74. The van der Waals surface area contributed by atoms with Gasteiger partial charge in [-0.3, -0.25) is 0 Å². The van der Waals surface area contributed by atoms with Crippen molar-refractivity contribution in [2.24, 2.45) is 0 Å². The number of pyridine rings is 1. The first-order valence-corrected chi connectivity index (χ1v) is 6.47. The van der Waals surface area contributed by atoms with E-state index in [2.05, 4.69) is 15.6 Å². The van der Waals surface area contributed by atoms with E-state index in [9.17, 15) is 9.18 Å². The Morgan fingerprint density at radius 2 is 2.10 bits per heavy atom. The summed E-state index contributed by atoms with van der Waals surface area (Å²) in [6.07, 6.45) is 1.69. The van der Waals surface area contributed by atoms with Gasteiger partial charge in [0.1, 0.15) is 11.6 Å². The zero-order valence-electron chi connectivity index (χ0n) is 11.9. The van der Waals surface area contributed by atoms with Crippen molar-refractivity contribution in [3.8, 4) is 0 Å². The van der Waals surface area contributed by atoms with Crippen molar-refractivity contribution in [3.63, 3.8) is 0 Å². The molecule has 2 rings (SSSR count). The minimum absolute atomic E-state index is 0.366. The van der Waals surface area contributed by atoms with Crippen LogP contribution < -0.4 is 15.5 Å². The van der Waals surface area contributed by atoms with Gasteiger partial charge in [-0.2, -0.15) is 0 Å². The monoisotopic (exact) mass is 288 g/mol. The van der Waals surface area contributed by atoms with Crippen LogP contribution >= 0.6 is 0 Å². The fraction of sp³-hybridized carbons (Fsp3) is 0.200. The van der Waals surface area contributed by atoms with E-state index in [4.69, 9.17) is 0 Å². The zero-order chi connectivity index (χ0) is 15.2. The molecule has 2 amide bonds. The van der Waals surface area contributed by atoms with Gasteiger partial charge < -0.3 is 15.5 Å². The Hall–Kier alpha value is -2.63. The highest BCUT2D eigenvalue weighted by molar-refractivity contribution is 5.89. The van der Waals surface area contributed by atoms with Crippen molar-refractivity contribution >= 4 is 17.5 Å². The first kappa shape index (κ1) is 14.8. The minimum Gasteiger partial charge on any atom is -0.363 e. The molecule has 2 aromatic rings. The molecule has 110 valence electrons. The number of benzene rings is 1. The molecule has 0 saturated carbocycles. The van der Waals surface area contributed by atoms with Crippen LogP contribution in [0.2, 0.25) is 0 Å². The van der Waals surface area contributed by atoms with Crippen molar-refractivity contribution in [1.82, 2.24) is 10.3 Å². The zero-order valence-corrected chi connectivity index (χ0v) is 11.9. The molecular formula is C15H17FN4O. The Bertz CT molecular complexity index is 631. The molecule has 1 aromatic carbocycles. The van der Waals surface area contributed by atoms with E-state index in [1.807, 2.05) is 31.1 Å². The van der Waals surface area contributed by atoms with Crippen LogP contribution in [0.4, 0.5) is 20.7 Å². The lowest BCUT2D eigenvalue weighted by Crippen LogP contribution is -2.28. The fourth-order valence-corrected chi connectivity index (χ4v) is 1.74. The largest absolute Gasteiger partial charge is 0.363 e. The maximum Gasteiger partial charge on any atom is 0.319 e. The van der Waals surface area contributed by atoms with Crippen LogP contribution in [0, 0.1) is 5.82 Å². The SMILES string of the molecule is CN(C)c1cc(CNC(=O)Nc2cccc(F)c2)ccn1. The van der Waals surface area contributed by atoms with Gasteiger partial charge in [0.2, 0.25) is 0 Å². The van der Waals surface area contributed by atoms with E-state index < -0.39 is 5.82 Å². The number of urea groups is 1. The summed E-state index contributed by atoms with van der Waals surface area (Å²) in [5.74, 6) is 0.428. The average Bonchev–Trinajstić information content (AvgIpc) is 2.45. The molecule has 0 bridgehead atoms. The normalized spacial score (nSPS) is 10.0. The predicted molar refractivity (Wildman–Crippen MR) is 80.8 cm³/mol. The van der Waals surface area contributed by atoms with Crippen LogP contribution in [0.1, 0.15) is 5.56 Å². The molecule has 0 radical (unpaired) electrons. The number of aromatic nitrogens is 1. The summed E-state index contributed by atoms with van der Waals surface area (Å²) >= 11 is 0. The minimum atomic E-state index is -0.391.